The first-order valence-corrected chi connectivity index (χ1v) is 9.51. The summed E-state index contributed by atoms with van der Waals surface area (Å²) in [5.74, 6) is -0.976. The molecule has 2 amide bonds. The highest BCUT2D eigenvalue weighted by Crippen LogP contribution is 2.13. The number of benzene rings is 2. The van der Waals surface area contributed by atoms with Gasteiger partial charge in [-0.15, -0.1) is 0 Å². The van der Waals surface area contributed by atoms with Crippen LogP contribution in [0.4, 0.5) is 5.69 Å². The summed E-state index contributed by atoms with van der Waals surface area (Å²) >= 11 is 0. The summed E-state index contributed by atoms with van der Waals surface area (Å²) in [5, 5.41) is 19.1. The van der Waals surface area contributed by atoms with Crippen molar-refractivity contribution in [1.29, 1.82) is 5.26 Å². The molecule has 0 aromatic heterocycles. The lowest BCUT2D eigenvalue weighted by atomic mass is 10.1. The predicted molar refractivity (Wildman–Crippen MR) is 98.9 cm³/mol. The maximum atomic E-state index is 11.9. The molecule has 0 spiro atoms. The van der Waals surface area contributed by atoms with E-state index in [4.69, 9.17) is 10.4 Å². The summed E-state index contributed by atoms with van der Waals surface area (Å²) in [7, 11) is -3.73. The molecule has 0 aliphatic carbocycles. The molecule has 2 aromatic carbocycles. The molecule has 27 heavy (non-hydrogen) atoms. The van der Waals surface area contributed by atoms with Crippen LogP contribution in [0.5, 0.6) is 0 Å². The average Bonchev–Trinajstić information content (AvgIpc) is 2.61. The summed E-state index contributed by atoms with van der Waals surface area (Å²) in [4.78, 5) is 23.8. The molecule has 0 radical (unpaired) electrons. The highest BCUT2D eigenvalue weighted by atomic mass is 32.2. The molecule has 0 aliphatic rings. The topological polar surface area (TPSA) is 142 Å². The number of amides is 2. The molecule has 8 nitrogen and oxygen atoms in total. The number of hydrogen-bond donors (Lipinski definition) is 3. The third kappa shape index (κ3) is 6.22. The van der Waals surface area contributed by atoms with Gasteiger partial charge in [-0.2, -0.15) is 5.26 Å². The Morgan fingerprint density at radius 1 is 1.04 bits per heavy atom. The van der Waals surface area contributed by atoms with Crippen LogP contribution in [0.25, 0.3) is 0 Å². The van der Waals surface area contributed by atoms with Gasteiger partial charge in [0.1, 0.15) is 12.5 Å². The van der Waals surface area contributed by atoms with Gasteiger partial charge in [0.15, 0.2) is 0 Å². The Hall–Kier alpha value is -3.22. The largest absolute Gasteiger partial charge is 0.355 e. The fourth-order valence-electron chi connectivity index (χ4n) is 2.28. The normalized spacial score (nSPS) is 10.7. The van der Waals surface area contributed by atoms with Crippen molar-refractivity contribution in [1.82, 2.24) is 5.32 Å². The van der Waals surface area contributed by atoms with E-state index < -0.39 is 21.8 Å². The van der Waals surface area contributed by atoms with Crippen LogP contribution in [0.15, 0.2) is 53.4 Å². The van der Waals surface area contributed by atoms with Gasteiger partial charge in [0, 0.05) is 6.54 Å². The van der Waals surface area contributed by atoms with Gasteiger partial charge in [0.2, 0.25) is 21.8 Å². The summed E-state index contributed by atoms with van der Waals surface area (Å²) in [5.41, 5.74) is 1.48. The van der Waals surface area contributed by atoms with Crippen molar-refractivity contribution in [2.75, 3.05) is 11.9 Å². The lowest BCUT2D eigenvalue weighted by Gasteiger charge is -2.08. The first-order chi connectivity index (χ1) is 12.8. The maximum Gasteiger partial charge on any atom is 0.238 e. The number of sulfonamides is 1. The molecule has 140 valence electrons. The van der Waals surface area contributed by atoms with Gasteiger partial charge in [-0.25, -0.2) is 13.6 Å². The number of para-hydroxylation sites is 1. The Morgan fingerprint density at radius 2 is 1.70 bits per heavy atom. The molecule has 0 heterocycles. The first-order valence-electron chi connectivity index (χ1n) is 7.97. The molecule has 2 rings (SSSR count). The third-order valence-electron chi connectivity index (χ3n) is 3.63. The SMILES string of the molecule is N#Cc1ccccc1NC(=O)CC(=O)NCCc1ccc(S(N)(=O)=O)cc1. The van der Waals surface area contributed by atoms with Gasteiger partial charge in [0.25, 0.3) is 0 Å². The van der Waals surface area contributed by atoms with Crippen molar-refractivity contribution < 1.29 is 18.0 Å². The summed E-state index contributed by atoms with van der Waals surface area (Å²) < 4.78 is 22.4. The van der Waals surface area contributed by atoms with E-state index in [1.54, 1.807) is 36.4 Å². The van der Waals surface area contributed by atoms with Gasteiger partial charge in [-0.1, -0.05) is 24.3 Å². The number of rotatable bonds is 7. The number of nitrogens with two attached hydrogens (primary N) is 1. The lowest BCUT2D eigenvalue weighted by molar-refractivity contribution is -0.126. The minimum Gasteiger partial charge on any atom is -0.355 e. The molecule has 4 N–H and O–H groups in total. The summed E-state index contributed by atoms with van der Waals surface area (Å²) in [6.07, 6.45) is 0.0969. The number of nitrogens with zero attached hydrogens (tertiary/aromatic N) is 1. The van der Waals surface area contributed by atoms with E-state index in [0.29, 0.717) is 17.7 Å². The van der Waals surface area contributed by atoms with E-state index in [2.05, 4.69) is 10.6 Å². The molecule has 2 aromatic rings. The van der Waals surface area contributed by atoms with Crippen molar-refractivity contribution in [3.63, 3.8) is 0 Å². The van der Waals surface area contributed by atoms with Crippen molar-refractivity contribution in [3.05, 3.63) is 59.7 Å². The van der Waals surface area contributed by atoms with Crippen LogP contribution in [-0.2, 0) is 26.0 Å². The van der Waals surface area contributed by atoms with Crippen LogP contribution in [0.3, 0.4) is 0 Å². The zero-order valence-electron chi connectivity index (χ0n) is 14.3. The molecular weight excluding hydrogens is 368 g/mol. The standard InChI is InChI=1S/C18H18N4O4S/c19-12-14-3-1-2-4-16(14)22-18(24)11-17(23)21-10-9-13-5-7-15(8-6-13)27(20,25)26/h1-8H,9-11H2,(H,21,23)(H,22,24)(H2,20,25,26). The van der Waals surface area contributed by atoms with E-state index >= 15 is 0 Å². The van der Waals surface area contributed by atoms with Crippen LogP contribution >= 0.6 is 0 Å². The second kappa shape index (κ2) is 8.93. The predicted octanol–water partition coefficient (Wildman–Crippen LogP) is 0.893. The van der Waals surface area contributed by atoms with Gasteiger partial charge in [-0.05, 0) is 36.2 Å². The van der Waals surface area contributed by atoms with Crippen molar-refractivity contribution in [2.24, 2.45) is 5.14 Å². The molecule has 0 saturated carbocycles. The summed E-state index contributed by atoms with van der Waals surface area (Å²) in [6, 6.07) is 14.5. The van der Waals surface area contributed by atoms with E-state index in [1.165, 1.54) is 12.1 Å². The van der Waals surface area contributed by atoms with Crippen LogP contribution in [0.2, 0.25) is 0 Å². The van der Waals surface area contributed by atoms with E-state index in [0.717, 1.165) is 5.56 Å². The number of carbonyl (C=O) groups is 2. The van der Waals surface area contributed by atoms with Crippen molar-refractivity contribution >= 4 is 27.5 Å². The van der Waals surface area contributed by atoms with Crippen LogP contribution < -0.4 is 15.8 Å². The van der Waals surface area contributed by atoms with Gasteiger partial charge < -0.3 is 10.6 Å². The molecule has 0 aliphatic heterocycles. The van der Waals surface area contributed by atoms with Gasteiger partial charge in [0.05, 0.1) is 16.1 Å². The molecule has 0 bridgehead atoms. The van der Waals surface area contributed by atoms with Gasteiger partial charge in [-0.3, -0.25) is 9.59 Å². The molecule has 9 heteroatoms. The second-order valence-corrected chi connectivity index (χ2v) is 7.23. The van der Waals surface area contributed by atoms with Gasteiger partial charge >= 0.3 is 0 Å². The van der Waals surface area contributed by atoms with Crippen LogP contribution in [-0.4, -0.2) is 26.8 Å². The Morgan fingerprint density at radius 3 is 2.33 bits per heavy atom. The van der Waals surface area contributed by atoms with E-state index in [9.17, 15) is 18.0 Å². The molecule has 0 fully saturated rings. The minimum absolute atomic E-state index is 0.0182. The Balaban J connectivity index is 1.79. The molecule has 0 atom stereocenters. The fourth-order valence-corrected chi connectivity index (χ4v) is 2.80. The van der Waals surface area contributed by atoms with E-state index in [-0.39, 0.29) is 17.9 Å². The third-order valence-corrected chi connectivity index (χ3v) is 4.56. The highest BCUT2D eigenvalue weighted by Gasteiger charge is 2.11. The van der Waals surface area contributed by atoms with Crippen molar-refractivity contribution in [3.8, 4) is 6.07 Å². The summed E-state index contributed by atoms with van der Waals surface area (Å²) in [6.45, 7) is 0.287. The number of primary sulfonamides is 1. The minimum atomic E-state index is -3.73. The Kier molecular flexibility index (Phi) is 6.65. The highest BCUT2D eigenvalue weighted by molar-refractivity contribution is 7.89. The van der Waals surface area contributed by atoms with Crippen LogP contribution in [0, 0.1) is 11.3 Å². The number of nitrogens with one attached hydrogen (secondary N) is 2. The van der Waals surface area contributed by atoms with E-state index in [1.807, 2.05) is 6.07 Å². The fraction of sp³-hybridized carbons (Fsp3) is 0.167. The average molecular weight is 386 g/mol. The number of hydrogen-bond acceptors (Lipinski definition) is 5. The molecule has 0 saturated heterocycles. The smallest absolute Gasteiger partial charge is 0.238 e. The zero-order valence-corrected chi connectivity index (χ0v) is 15.1. The zero-order chi connectivity index (χ0) is 19.9. The van der Waals surface area contributed by atoms with Crippen molar-refractivity contribution in [2.45, 2.75) is 17.7 Å². The quantitative estimate of drug-likeness (QED) is 0.606. The Labute approximate surface area is 157 Å². The molecular formula is C18H18N4O4S. The number of nitriles is 1. The lowest BCUT2D eigenvalue weighted by Crippen LogP contribution is -2.29. The second-order valence-electron chi connectivity index (χ2n) is 5.67. The number of carbonyl (C=O) groups excluding carboxylic acids is 2. The molecule has 0 unspecified atom stereocenters. The Bertz CT molecular complexity index is 979. The van der Waals surface area contributed by atoms with Crippen LogP contribution in [0.1, 0.15) is 17.5 Å². The first kappa shape index (κ1) is 20.1. The monoisotopic (exact) mass is 386 g/mol. The maximum absolute atomic E-state index is 11.9. The number of anilines is 1.